The molecule has 1 N–H and O–H groups in total. The van der Waals surface area contributed by atoms with Gasteiger partial charge < -0.3 is 15.0 Å². The number of ether oxygens (including phenoxy) is 1. The van der Waals surface area contributed by atoms with Crippen molar-refractivity contribution in [2.24, 2.45) is 5.92 Å². The lowest BCUT2D eigenvalue weighted by molar-refractivity contribution is 0.00948. The Morgan fingerprint density at radius 1 is 1.27 bits per heavy atom. The molecule has 1 heterocycles. The molecular weight excluding hydrogens is 276 g/mol. The molecule has 0 aromatic carbocycles. The molecular formula is C18H36N2O2. The number of carbonyl (C=O) groups is 1. The first-order valence-electron chi connectivity index (χ1n) is 9.01. The van der Waals surface area contributed by atoms with Crippen LogP contribution in [0.25, 0.3) is 0 Å². The van der Waals surface area contributed by atoms with Crippen molar-refractivity contribution in [3.8, 4) is 0 Å². The van der Waals surface area contributed by atoms with Crippen LogP contribution in [0.4, 0.5) is 4.79 Å². The molecule has 0 radical (unpaired) electrons. The van der Waals surface area contributed by atoms with Gasteiger partial charge in [-0.3, -0.25) is 0 Å². The Balaban J connectivity index is 2.56. The van der Waals surface area contributed by atoms with Crippen LogP contribution in [0.1, 0.15) is 73.6 Å². The summed E-state index contributed by atoms with van der Waals surface area (Å²) in [5, 5.41) is 3.65. The van der Waals surface area contributed by atoms with Crippen molar-refractivity contribution in [1.82, 2.24) is 10.2 Å². The van der Waals surface area contributed by atoms with Crippen molar-refractivity contribution in [3.63, 3.8) is 0 Å². The van der Waals surface area contributed by atoms with Crippen LogP contribution in [0, 0.1) is 5.92 Å². The lowest BCUT2D eigenvalue weighted by Gasteiger charge is -2.38. The smallest absolute Gasteiger partial charge is 0.410 e. The maximum absolute atomic E-state index is 12.4. The minimum Gasteiger partial charge on any atom is -0.444 e. The van der Waals surface area contributed by atoms with Gasteiger partial charge >= 0.3 is 6.09 Å². The number of rotatable bonds is 6. The molecule has 22 heavy (non-hydrogen) atoms. The van der Waals surface area contributed by atoms with E-state index in [1.807, 2.05) is 25.7 Å². The zero-order chi connectivity index (χ0) is 16.8. The summed E-state index contributed by atoms with van der Waals surface area (Å²) < 4.78 is 5.56. The second-order valence-corrected chi connectivity index (χ2v) is 7.60. The average Bonchev–Trinajstić information content (AvgIpc) is 2.45. The third-order valence-electron chi connectivity index (χ3n) is 4.69. The maximum atomic E-state index is 12.4. The lowest BCUT2D eigenvalue weighted by atomic mass is 9.95. The van der Waals surface area contributed by atoms with E-state index in [4.69, 9.17) is 4.74 Å². The highest BCUT2D eigenvalue weighted by Gasteiger charge is 2.30. The van der Waals surface area contributed by atoms with Crippen molar-refractivity contribution in [2.45, 2.75) is 91.3 Å². The summed E-state index contributed by atoms with van der Waals surface area (Å²) in [6.45, 7) is 14.2. The number of likely N-dealkylation sites (tertiary alicyclic amines) is 1. The van der Waals surface area contributed by atoms with E-state index in [9.17, 15) is 4.79 Å². The van der Waals surface area contributed by atoms with Crippen molar-refractivity contribution in [3.05, 3.63) is 0 Å². The minimum atomic E-state index is -0.421. The van der Waals surface area contributed by atoms with Crippen molar-refractivity contribution < 1.29 is 9.53 Å². The van der Waals surface area contributed by atoms with E-state index in [1.54, 1.807) is 0 Å². The summed E-state index contributed by atoms with van der Waals surface area (Å²) in [7, 11) is 0. The molecule has 1 amide bonds. The number of hydrogen-bond acceptors (Lipinski definition) is 3. The van der Waals surface area contributed by atoms with Crippen LogP contribution in [-0.2, 0) is 4.74 Å². The molecule has 1 rings (SSSR count). The predicted molar refractivity (Wildman–Crippen MR) is 92.1 cm³/mol. The van der Waals surface area contributed by atoms with E-state index < -0.39 is 5.60 Å². The van der Waals surface area contributed by atoms with Crippen LogP contribution >= 0.6 is 0 Å². The number of amides is 1. The molecule has 0 aromatic rings. The summed E-state index contributed by atoms with van der Waals surface area (Å²) in [4.78, 5) is 14.3. The Hall–Kier alpha value is -0.770. The van der Waals surface area contributed by atoms with Crippen LogP contribution in [0.3, 0.4) is 0 Å². The largest absolute Gasteiger partial charge is 0.444 e. The summed E-state index contributed by atoms with van der Waals surface area (Å²) in [6.07, 6.45) is 5.59. The van der Waals surface area contributed by atoms with Gasteiger partial charge in [-0.05, 0) is 52.9 Å². The molecule has 1 saturated heterocycles. The normalized spacial score (nSPS) is 21.0. The van der Waals surface area contributed by atoms with Crippen LogP contribution in [0.15, 0.2) is 0 Å². The van der Waals surface area contributed by atoms with Crippen LogP contribution in [0.5, 0.6) is 0 Å². The second kappa shape index (κ2) is 8.76. The van der Waals surface area contributed by atoms with Crippen LogP contribution in [-0.4, -0.2) is 41.8 Å². The van der Waals surface area contributed by atoms with E-state index in [1.165, 1.54) is 19.3 Å². The zero-order valence-corrected chi connectivity index (χ0v) is 15.4. The van der Waals surface area contributed by atoms with Crippen molar-refractivity contribution in [2.75, 3.05) is 13.1 Å². The molecule has 2 atom stereocenters. The fourth-order valence-electron chi connectivity index (χ4n) is 3.26. The van der Waals surface area contributed by atoms with Gasteiger partial charge in [0.2, 0.25) is 0 Å². The quantitative estimate of drug-likeness (QED) is 0.799. The second-order valence-electron chi connectivity index (χ2n) is 7.60. The Bertz CT molecular complexity index is 334. The summed E-state index contributed by atoms with van der Waals surface area (Å²) >= 11 is 0. The Kier molecular flexibility index (Phi) is 7.67. The fourth-order valence-corrected chi connectivity index (χ4v) is 3.26. The molecule has 2 unspecified atom stereocenters. The Labute approximate surface area is 137 Å². The first-order valence-corrected chi connectivity index (χ1v) is 9.01. The molecule has 4 heteroatoms. The number of nitrogens with zero attached hydrogens (tertiary/aromatic N) is 1. The third-order valence-corrected chi connectivity index (χ3v) is 4.69. The zero-order valence-electron chi connectivity index (χ0n) is 15.4. The van der Waals surface area contributed by atoms with E-state index in [2.05, 4.69) is 26.1 Å². The average molecular weight is 312 g/mol. The SMILES string of the molecule is CCC(CC)C(C)NCC1CCCCN1C(=O)OC(C)(C)C. The predicted octanol–water partition coefficient (Wildman–Crippen LogP) is 4.19. The van der Waals surface area contributed by atoms with Gasteiger partial charge in [-0.1, -0.05) is 26.7 Å². The van der Waals surface area contributed by atoms with Gasteiger partial charge in [-0.2, -0.15) is 0 Å². The van der Waals surface area contributed by atoms with Gasteiger partial charge in [0.15, 0.2) is 0 Å². The van der Waals surface area contributed by atoms with Gasteiger partial charge in [0.05, 0.1) is 0 Å². The molecule has 1 aliphatic heterocycles. The highest BCUT2D eigenvalue weighted by Crippen LogP contribution is 2.21. The van der Waals surface area contributed by atoms with Crippen molar-refractivity contribution in [1.29, 1.82) is 0 Å². The molecule has 0 spiro atoms. The van der Waals surface area contributed by atoms with Crippen LogP contribution in [0.2, 0.25) is 0 Å². The summed E-state index contributed by atoms with van der Waals surface area (Å²) in [5.41, 5.74) is -0.421. The molecule has 0 bridgehead atoms. The fraction of sp³-hybridized carbons (Fsp3) is 0.944. The van der Waals surface area contributed by atoms with E-state index in [0.717, 1.165) is 25.9 Å². The minimum absolute atomic E-state index is 0.158. The highest BCUT2D eigenvalue weighted by atomic mass is 16.6. The molecule has 0 saturated carbocycles. The van der Waals surface area contributed by atoms with E-state index >= 15 is 0 Å². The van der Waals surface area contributed by atoms with E-state index in [-0.39, 0.29) is 12.1 Å². The molecule has 0 aliphatic carbocycles. The first kappa shape index (κ1) is 19.3. The number of piperidine rings is 1. The molecule has 1 aliphatic rings. The topological polar surface area (TPSA) is 41.6 Å². The Morgan fingerprint density at radius 3 is 2.45 bits per heavy atom. The molecule has 4 nitrogen and oxygen atoms in total. The van der Waals surface area contributed by atoms with Crippen molar-refractivity contribution >= 4 is 6.09 Å². The first-order chi connectivity index (χ1) is 10.3. The van der Waals surface area contributed by atoms with Gasteiger partial charge in [0, 0.05) is 25.2 Å². The third kappa shape index (κ3) is 6.15. The van der Waals surface area contributed by atoms with E-state index in [0.29, 0.717) is 12.0 Å². The maximum Gasteiger partial charge on any atom is 0.410 e. The standard InChI is InChI=1S/C18H36N2O2/c1-7-15(8-2)14(3)19-13-16-11-9-10-12-20(16)17(21)22-18(4,5)6/h14-16,19H,7-13H2,1-6H3. The molecule has 130 valence electrons. The molecule has 1 fully saturated rings. The Morgan fingerprint density at radius 2 is 1.91 bits per heavy atom. The molecule has 0 aromatic heterocycles. The van der Waals surface area contributed by atoms with Gasteiger partial charge in [-0.25, -0.2) is 4.79 Å². The van der Waals surface area contributed by atoms with Crippen LogP contribution < -0.4 is 5.32 Å². The summed E-state index contributed by atoms with van der Waals surface area (Å²) in [5.74, 6) is 0.707. The van der Waals surface area contributed by atoms with Gasteiger partial charge in [0.25, 0.3) is 0 Å². The lowest BCUT2D eigenvalue weighted by Crippen LogP contribution is -2.51. The number of nitrogens with one attached hydrogen (secondary N) is 1. The number of hydrogen-bond donors (Lipinski definition) is 1. The van der Waals surface area contributed by atoms with Gasteiger partial charge in [-0.15, -0.1) is 0 Å². The van der Waals surface area contributed by atoms with Gasteiger partial charge in [0.1, 0.15) is 5.60 Å². The highest BCUT2D eigenvalue weighted by molar-refractivity contribution is 5.68. The number of carbonyl (C=O) groups excluding carboxylic acids is 1. The monoisotopic (exact) mass is 312 g/mol. The summed E-state index contributed by atoms with van der Waals surface area (Å²) in [6, 6.07) is 0.762.